The number of hydrogen-bond acceptors (Lipinski definition) is 2. The predicted molar refractivity (Wildman–Crippen MR) is 56.1 cm³/mol. The Hall–Kier alpha value is -0.870. The summed E-state index contributed by atoms with van der Waals surface area (Å²) in [5.74, 6) is -1.21. The van der Waals surface area contributed by atoms with E-state index in [-0.39, 0.29) is 6.42 Å². The van der Waals surface area contributed by atoms with Crippen LogP contribution in [0.3, 0.4) is 0 Å². The molecule has 1 aromatic rings. The third-order valence-corrected chi connectivity index (χ3v) is 2.73. The molecule has 0 aliphatic heterocycles. The maximum absolute atomic E-state index is 10.7. The monoisotopic (exact) mass is 258 g/mol. The highest BCUT2D eigenvalue weighted by Crippen LogP contribution is 2.21. The molecular formula is C10H11BrO3. The van der Waals surface area contributed by atoms with Crippen LogP contribution in [0.5, 0.6) is 0 Å². The van der Waals surface area contributed by atoms with Crippen LogP contribution < -0.4 is 0 Å². The van der Waals surface area contributed by atoms with Gasteiger partial charge in [0.25, 0.3) is 0 Å². The number of hydrogen-bond donors (Lipinski definition) is 2. The molecule has 0 aliphatic carbocycles. The first-order valence-corrected chi connectivity index (χ1v) is 4.92. The SMILES string of the molecule is CC(O)(Cc1ccccc1Br)C(=O)O. The van der Waals surface area contributed by atoms with Crippen molar-refractivity contribution in [1.29, 1.82) is 0 Å². The molecule has 1 unspecified atom stereocenters. The smallest absolute Gasteiger partial charge is 0.335 e. The van der Waals surface area contributed by atoms with Gasteiger partial charge in [0.1, 0.15) is 0 Å². The number of carboxylic acids is 1. The molecule has 0 amide bonds. The molecule has 3 nitrogen and oxygen atoms in total. The van der Waals surface area contributed by atoms with E-state index >= 15 is 0 Å². The van der Waals surface area contributed by atoms with E-state index in [9.17, 15) is 9.90 Å². The summed E-state index contributed by atoms with van der Waals surface area (Å²) in [4.78, 5) is 10.7. The van der Waals surface area contributed by atoms with Gasteiger partial charge in [-0.3, -0.25) is 0 Å². The van der Waals surface area contributed by atoms with Crippen molar-refractivity contribution in [2.45, 2.75) is 18.9 Å². The number of carboxylic acid groups (broad SMARTS) is 1. The quantitative estimate of drug-likeness (QED) is 0.870. The molecule has 1 aromatic carbocycles. The summed E-state index contributed by atoms with van der Waals surface area (Å²) < 4.78 is 0.807. The minimum atomic E-state index is -1.72. The fourth-order valence-corrected chi connectivity index (χ4v) is 1.51. The van der Waals surface area contributed by atoms with Crippen molar-refractivity contribution in [3.8, 4) is 0 Å². The van der Waals surface area contributed by atoms with Gasteiger partial charge in [0.15, 0.2) is 5.60 Å². The number of halogens is 1. The van der Waals surface area contributed by atoms with Crippen LogP contribution in [-0.4, -0.2) is 21.8 Å². The lowest BCUT2D eigenvalue weighted by molar-refractivity contribution is -0.156. The van der Waals surface area contributed by atoms with Gasteiger partial charge in [-0.15, -0.1) is 0 Å². The van der Waals surface area contributed by atoms with Gasteiger partial charge in [-0.05, 0) is 18.6 Å². The van der Waals surface area contributed by atoms with E-state index < -0.39 is 11.6 Å². The molecule has 1 rings (SSSR count). The van der Waals surface area contributed by atoms with Gasteiger partial charge in [-0.25, -0.2) is 4.79 Å². The van der Waals surface area contributed by atoms with E-state index in [2.05, 4.69) is 15.9 Å². The summed E-state index contributed by atoms with van der Waals surface area (Å²) >= 11 is 3.29. The molecule has 14 heavy (non-hydrogen) atoms. The van der Waals surface area contributed by atoms with E-state index in [4.69, 9.17) is 5.11 Å². The topological polar surface area (TPSA) is 57.5 Å². The van der Waals surface area contributed by atoms with Crippen molar-refractivity contribution in [1.82, 2.24) is 0 Å². The van der Waals surface area contributed by atoms with Gasteiger partial charge in [0, 0.05) is 10.9 Å². The Kier molecular flexibility index (Phi) is 3.29. The third kappa shape index (κ3) is 2.56. The van der Waals surface area contributed by atoms with Crippen molar-refractivity contribution in [2.75, 3.05) is 0 Å². The number of benzene rings is 1. The highest BCUT2D eigenvalue weighted by molar-refractivity contribution is 9.10. The Morgan fingerprint density at radius 1 is 1.50 bits per heavy atom. The molecule has 0 heterocycles. The van der Waals surface area contributed by atoms with Gasteiger partial charge in [-0.1, -0.05) is 34.1 Å². The van der Waals surface area contributed by atoms with Crippen LogP contribution in [0.1, 0.15) is 12.5 Å². The van der Waals surface area contributed by atoms with Gasteiger partial charge in [0.05, 0.1) is 0 Å². The molecule has 0 aromatic heterocycles. The van der Waals surface area contributed by atoms with Crippen molar-refractivity contribution in [3.05, 3.63) is 34.3 Å². The zero-order valence-electron chi connectivity index (χ0n) is 7.70. The molecule has 2 N–H and O–H groups in total. The Morgan fingerprint density at radius 2 is 2.07 bits per heavy atom. The highest BCUT2D eigenvalue weighted by Gasteiger charge is 2.30. The molecule has 0 saturated carbocycles. The molecule has 76 valence electrons. The van der Waals surface area contributed by atoms with Gasteiger partial charge < -0.3 is 10.2 Å². The van der Waals surface area contributed by atoms with Crippen LogP contribution in [0, 0.1) is 0 Å². The zero-order chi connectivity index (χ0) is 10.8. The second kappa shape index (κ2) is 4.11. The number of carbonyl (C=O) groups is 1. The van der Waals surface area contributed by atoms with Crippen LogP contribution in [0.2, 0.25) is 0 Å². The van der Waals surface area contributed by atoms with Crippen molar-refractivity contribution < 1.29 is 15.0 Å². The second-order valence-corrected chi connectivity index (χ2v) is 4.20. The average molecular weight is 259 g/mol. The summed E-state index contributed by atoms with van der Waals surface area (Å²) in [5, 5.41) is 18.3. The van der Waals surface area contributed by atoms with Crippen LogP contribution in [-0.2, 0) is 11.2 Å². The molecule has 4 heteroatoms. The fraction of sp³-hybridized carbons (Fsp3) is 0.300. The summed E-state index contributed by atoms with van der Waals surface area (Å²) in [6.07, 6.45) is 0.0871. The van der Waals surface area contributed by atoms with Crippen molar-refractivity contribution in [2.24, 2.45) is 0 Å². The minimum absolute atomic E-state index is 0.0871. The van der Waals surface area contributed by atoms with Crippen LogP contribution in [0.25, 0.3) is 0 Å². The number of rotatable bonds is 3. The largest absolute Gasteiger partial charge is 0.479 e. The normalized spacial score (nSPS) is 14.8. The zero-order valence-corrected chi connectivity index (χ0v) is 9.28. The minimum Gasteiger partial charge on any atom is -0.479 e. The summed E-state index contributed by atoms with van der Waals surface area (Å²) in [6, 6.07) is 7.23. The van der Waals surface area contributed by atoms with Gasteiger partial charge in [-0.2, -0.15) is 0 Å². The molecule has 0 radical (unpaired) electrons. The molecule has 1 atom stereocenters. The van der Waals surface area contributed by atoms with Gasteiger partial charge >= 0.3 is 5.97 Å². The number of aliphatic hydroxyl groups is 1. The number of aliphatic carboxylic acids is 1. The first-order chi connectivity index (χ1) is 6.43. The first kappa shape index (κ1) is 11.2. The molecule has 0 spiro atoms. The maximum Gasteiger partial charge on any atom is 0.335 e. The predicted octanol–water partition coefficient (Wildman–Crippen LogP) is 1.83. The lowest BCUT2D eigenvalue weighted by Crippen LogP contribution is -2.37. The van der Waals surface area contributed by atoms with Crippen molar-refractivity contribution >= 4 is 21.9 Å². The third-order valence-electron chi connectivity index (χ3n) is 1.95. The summed E-state index contributed by atoms with van der Waals surface area (Å²) in [5.41, 5.74) is -0.941. The highest BCUT2D eigenvalue weighted by atomic mass is 79.9. The summed E-state index contributed by atoms with van der Waals surface area (Å²) in [7, 11) is 0. The Balaban J connectivity index is 2.89. The fourth-order valence-electron chi connectivity index (χ4n) is 1.09. The second-order valence-electron chi connectivity index (χ2n) is 3.35. The maximum atomic E-state index is 10.7. The molecule has 0 aliphatic rings. The molecule has 0 bridgehead atoms. The van der Waals surface area contributed by atoms with E-state index in [0.29, 0.717) is 0 Å². The van der Waals surface area contributed by atoms with Crippen LogP contribution >= 0.6 is 15.9 Å². The Bertz CT molecular complexity index is 347. The van der Waals surface area contributed by atoms with Crippen LogP contribution in [0.4, 0.5) is 0 Å². The lowest BCUT2D eigenvalue weighted by atomic mass is 9.97. The van der Waals surface area contributed by atoms with Gasteiger partial charge in [0.2, 0.25) is 0 Å². The first-order valence-electron chi connectivity index (χ1n) is 4.12. The average Bonchev–Trinajstić information content (AvgIpc) is 2.08. The van der Waals surface area contributed by atoms with Crippen LogP contribution in [0.15, 0.2) is 28.7 Å². The lowest BCUT2D eigenvalue weighted by Gasteiger charge is -2.18. The van der Waals surface area contributed by atoms with Crippen molar-refractivity contribution in [3.63, 3.8) is 0 Å². The van der Waals surface area contributed by atoms with E-state index in [1.54, 1.807) is 12.1 Å². The molecular weight excluding hydrogens is 248 g/mol. The molecule has 0 saturated heterocycles. The van der Waals surface area contributed by atoms with E-state index in [1.165, 1.54) is 6.92 Å². The van der Waals surface area contributed by atoms with E-state index in [0.717, 1.165) is 10.0 Å². The standard InChI is InChI=1S/C10H11BrO3/c1-10(14,9(12)13)6-7-4-2-3-5-8(7)11/h2-5,14H,6H2,1H3,(H,12,13). The Morgan fingerprint density at radius 3 is 2.57 bits per heavy atom. The Labute approximate surface area is 90.5 Å². The van der Waals surface area contributed by atoms with E-state index in [1.807, 2.05) is 12.1 Å². The summed E-state index contributed by atoms with van der Waals surface area (Å²) in [6.45, 7) is 1.29. The molecule has 0 fully saturated rings.